The van der Waals surface area contributed by atoms with Gasteiger partial charge in [-0.3, -0.25) is 9.78 Å². The second-order valence-electron chi connectivity index (χ2n) is 4.94. The van der Waals surface area contributed by atoms with Crippen LogP contribution in [-0.2, 0) is 6.18 Å². The van der Waals surface area contributed by atoms with Gasteiger partial charge < -0.3 is 10.4 Å². The van der Waals surface area contributed by atoms with Crippen molar-refractivity contribution in [3.63, 3.8) is 0 Å². The van der Waals surface area contributed by atoms with Crippen LogP contribution in [0.1, 0.15) is 16.1 Å². The summed E-state index contributed by atoms with van der Waals surface area (Å²) in [6.07, 6.45) is -3.64. The Hall–Kier alpha value is -0.930. The van der Waals surface area contributed by atoms with Gasteiger partial charge in [-0.25, -0.2) is 0 Å². The highest BCUT2D eigenvalue weighted by Crippen LogP contribution is 2.27. The number of halogens is 3. The Morgan fingerprint density at radius 2 is 1.95 bits per heavy atom. The largest absolute Gasteiger partial charge is 0.433 e. The molecule has 0 atom stereocenters. The van der Waals surface area contributed by atoms with E-state index in [2.05, 4.69) is 10.3 Å². The summed E-state index contributed by atoms with van der Waals surface area (Å²) in [5.41, 5.74) is -2.01. The molecular weight excluding hydrogens is 337 g/mol. The Morgan fingerprint density at radius 3 is 2.45 bits per heavy atom. The Balaban J connectivity index is 1.94. The molecule has 1 saturated heterocycles. The number of rotatable bonds is 3. The van der Waals surface area contributed by atoms with Crippen LogP contribution in [-0.4, -0.2) is 51.2 Å². The number of aliphatic hydroxyl groups is 1. The number of amides is 1. The lowest BCUT2D eigenvalue weighted by atomic mass is 10.1. The molecule has 2 N–H and O–H groups in total. The van der Waals surface area contributed by atoms with Crippen molar-refractivity contribution >= 4 is 29.4 Å². The first-order valence-corrected chi connectivity index (χ1v) is 8.80. The van der Waals surface area contributed by atoms with E-state index in [0.29, 0.717) is 11.5 Å². The second-order valence-corrected chi connectivity index (χ2v) is 7.15. The summed E-state index contributed by atoms with van der Waals surface area (Å²) in [4.78, 5) is 15.2. The number of hydrogen-bond donors (Lipinski definition) is 2. The van der Waals surface area contributed by atoms with E-state index >= 15 is 0 Å². The third-order valence-electron chi connectivity index (χ3n) is 3.01. The number of alkyl halides is 3. The number of nitrogens with zero attached hydrogens (tertiary/aromatic N) is 1. The van der Waals surface area contributed by atoms with Gasteiger partial charge in [0.2, 0.25) is 0 Å². The molecule has 0 spiro atoms. The molecule has 1 aliphatic heterocycles. The van der Waals surface area contributed by atoms with Crippen LogP contribution >= 0.6 is 23.5 Å². The van der Waals surface area contributed by atoms with E-state index in [-0.39, 0.29) is 12.1 Å². The lowest BCUT2D eigenvalue weighted by Gasteiger charge is -2.25. The monoisotopic (exact) mass is 352 g/mol. The van der Waals surface area contributed by atoms with E-state index in [0.717, 1.165) is 29.8 Å². The van der Waals surface area contributed by atoms with E-state index < -0.39 is 23.4 Å². The Morgan fingerprint density at radius 1 is 1.32 bits per heavy atom. The quantitative estimate of drug-likeness (QED) is 0.872. The minimum Gasteiger partial charge on any atom is -0.386 e. The second kappa shape index (κ2) is 7.10. The Kier molecular flexibility index (Phi) is 5.62. The van der Waals surface area contributed by atoms with Crippen molar-refractivity contribution in [2.75, 3.05) is 29.6 Å². The summed E-state index contributed by atoms with van der Waals surface area (Å²) < 4.78 is 37.2. The number of carbonyl (C=O) groups excluding carboxylic acids is 1. The predicted octanol–water partition coefficient (Wildman–Crippen LogP) is 2.04. The van der Waals surface area contributed by atoms with Gasteiger partial charge >= 0.3 is 6.18 Å². The van der Waals surface area contributed by atoms with Crippen LogP contribution in [0, 0.1) is 0 Å². The molecule has 22 heavy (non-hydrogen) atoms. The molecule has 1 amide bonds. The highest BCUT2D eigenvalue weighted by molar-refractivity contribution is 8.03. The number of pyridine rings is 1. The highest BCUT2D eigenvalue weighted by atomic mass is 32.2. The predicted molar refractivity (Wildman–Crippen MR) is 81.2 cm³/mol. The van der Waals surface area contributed by atoms with E-state index in [1.165, 1.54) is 0 Å². The smallest absolute Gasteiger partial charge is 0.386 e. The van der Waals surface area contributed by atoms with Crippen molar-refractivity contribution in [1.82, 2.24) is 10.3 Å². The molecule has 0 saturated carbocycles. The maximum atomic E-state index is 12.4. The van der Waals surface area contributed by atoms with Crippen molar-refractivity contribution in [3.05, 3.63) is 29.6 Å². The minimum atomic E-state index is -4.53. The molecular formula is C13H15F3N2O2S2. The van der Waals surface area contributed by atoms with Gasteiger partial charge in [0.1, 0.15) is 5.69 Å². The molecule has 9 heteroatoms. The molecule has 0 radical (unpaired) electrons. The lowest BCUT2D eigenvalue weighted by Crippen LogP contribution is -2.46. The molecule has 0 aromatic carbocycles. The maximum absolute atomic E-state index is 12.4. The normalized spacial score (nSPS) is 18.5. The van der Waals surface area contributed by atoms with Crippen molar-refractivity contribution in [2.24, 2.45) is 0 Å². The van der Waals surface area contributed by atoms with Crippen molar-refractivity contribution in [1.29, 1.82) is 0 Å². The summed E-state index contributed by atoms with van der Waals surface area (Å²) in [5, 5.41) is 12.9. The fourth-order valence-corrected chi connectivity index (χ4v) is 4.36. The molecule has 1 aromatic heterocycles. The molecule has 0 bridgehead atoms. The van der Waals surface area contributed by atoms with Crippen LogP contribution in [0.25, 0.3) is 0 Å². The average molecular weight is 352 g/mol. The lowest BCUT2D eigenvalue weighted by molar-refractivity contribution is -0.141. The van der Waals surface area contributed by atoms with Gasteiger partial charge in [0.15, 0.2) is 0 Å². The van der Waals surface area contributed by atoms with Gasteiger partial charge in [-0.1, -0.05) is 0 Å². The number of nitrogens with one attached hydrogen (secondary N) is 1. The summed E-state index contributed by atoms with van der Waals surface area (Å²) >= 11 is 3.23. The fourth-order valence-electron chi connectivity index (χ4n) is 1.83. The van der Waals surface area contributed by atoms with Gasteiger partial charge in [0, 0.05) is 35.8 Å². The zero-order valence-corrected chi connectivity index (χ0v) is 13.2. The molecule has 1 aromatic rings. The molecule has 2 rings (SSSR count). The highest BCUT2D eigenvalue weighted by Gasteiger charge is 2.32. The van der Waals surface area contributed by atoms with Crippen LogP contribution in [0.4, 0.5) is 13.2 Å². The Labute approximate surface area is 134 Å². The van der Waals surface area contributed by atoms with E-state index in [1.807, 2.05) is 0 Å². The molecule has 122 valence electrons. The summed E-state index contributed by atoms with van der Waals surface area (Å²) in [5.74, 6) is 2.39. The number of thioether (sulfide) groups is 2. The van der Waals surface area contributed by atoms with Crippen molar-refractivity contribution in [2.45, 2.75) is 11.8 Å². The van der Waals surface area contributed by atoms with Crippen LogP contribution in [0.5, 0.6) is 0 Å². The van der Waals surface area contributed by atoms with E-state index in [1.54, 1.807) is 23.5 Å². The van der Waals surface area contributed by atoms with E-state index in [9.17, 15) is 23.1 Å². The van der Waals surface area contributed by atoms with Gasteiger partial charge in [-0.15, -0.1) is 0 Å². The number of hydrogen-bond acceptors (Lipinski definition) is 5. The number of carbonyl (C=O) groups is 1. The van der Waals surface area contributed by atoms with Crippen LogP contribution in [0.3, 0.4) is 0 Å². The molecule has 0 unspecified atom stereocenters. The van der Waals surface area contributed by atoms with Gasteiger partial charge in [-0.05, 0) is 12.1 Å². The summed E-state index contributed by atoms with van der Waals surface area (Å²) in [7, 11) is 0. The molecule has 1 aliphatic rings. The third kappa shape index (κ3) is 4.79. The van der Waals surface area contributed by atoms with Gasteiger partial charge in [-0.2, -0.15) is 36.7 Å². The van der Waals surface area contributed by atoms with E-state index in [4.69, 9.17) is 0 Å². The maximum Gasteiger partial charge on any atom is 0.433 e. The molecule has 2 heterocycles. The topological polar surface area (TPSA) is 62.2 Å². The average Bonchev–Trinajstić information content (AvgIpc) is 2.69. The SMILES string of the molecule is O=C(NCC1(O)CSCCSC1)c1ccc(C(F)(F)F)nc1. The zero-order valence-electron chi connectivity index (χ0n) is 11.5. The fraction of sp³-hybridized carbons (Fsp3) is 0.538. The van der Waals surface area contributed by atoms with Crippen LogP contribution in [0.15, 0.2) is 18.3 Å². The van der Waals surface area contributed by atoms with Gasteiger partial charge in [0.05, 0.1) is 11.2 Å². The van der Waals surface area contributed by atoms with Crippen LogP contribution < -0.4 is 5.32 Å². The Bertz CT molecular complexity index is 515. The van der Waals surface area contributed by atoms with Crippen molar-refractivity contribution < 1.29 is 23.1 Å². The minimum absolute atomic E-state index is 0.0329. The van der Waals surface area contributed by atoms with Crippen LogP contribution in [0.2, 0.25) is 0 Å². The first-order chi connectivity index (χ1) is 10.3. The molecule has 1 fully saturated rings. The van der Waals surface area contributed by atoms with Gasteiger partial charge in [0.25, 0.3) is 5.91 Å². The standard InChI is InChI=1S/C13H15F3N2O2S2/c14-13(15,16)10-2-1-9(5-17-10)11(19)18-6-12(20)7-21-3-4-22-8-12/h1-2,5,20H,3-4,6-8H2,(H,18,19). The first-order valence-electron chi connectivity index (χ1n) is 6.49. The zero-order chi connectivity index (χ0) is 16.2. The number of aromatic nitrogens is 1. The third-order valence-corrected chi connectivity index (χ3v) is 5.73. The molecule has 0 aliphatic carbocycles. The first kappa shape index (κ1) is 17.4. The summed E-state index contributed by atoms with van der Waals surface area (Å²) in [6, 6.07) is 1.84. The van der Waals surface area contributed by atoms with Crippen molar-refractivity contribution in [3.8, 4) is 0 Å². The molecule has 4 nitrogen and oxygen atoms in total. The summed E-state index contributed by atoms with van der Waals surface area (Å²) in [6.45, 7) is 0.0624.